The van der Waals surface area contributed by atoms with Gasteiger partial charge in [0.1, 0.15) is 12.2 Å². The van der Waals surface area contributed by atoms with Crippen LogP contribution in [0, 0.1) is 0 Å². The molecule has 0 aliphatic carbocycles. The fourth-order valence-corrected chi connectivity index (χ4v) is 2.31. The van der Waals surface area contributed by atoms with Crippen LogP contribution in [-0.2, 0) is 4.79 Å². The van der Waals surface area contributed by atoms with Crippen LogP contribution in [0.1, 0.15) is 10.5 Å². The number of carboxylic acids is 1. The number of benzene rings is 1. The summed E-state index contributed by atoms with van der Waals surface area (Å²) in [5.41, 5.74) is 5.97. The summed E-state index contributed by atoms with van der Waals surface area (Å²) in [6.07, 6.45) is 0. The second-order valence-corrected chi connectivity index (χ2v) is 5.16. The van der Waals surface area contributed by atoms with E-state index in [9.17, 15) is 9.59 Å². The SMILES string of the molecule is Nc1nc(C(=O)N(CC(=O)O)c2cccc(Cl)c2)cs1. The third-order valence-corrected chi connectivity index (χ3v) is 3.31. The van der Waals surface area contributed by atoms with E-state index in [4.69, 9.17) is 22.4 Å². The Morgan fingerprint density at radius 3 is 2.75 bits per heavy atom. The van der Waals surface area contributed by atoms with E-state index in [1.54, 1.807) is 18.2 Å². The predicted octanol–water partition coefficient (Wildman–Crippen LogP) is 2.11. The quantitative estimate of drug-likeness (QED) is 0.901. The van der Waals surface area contributed by atoms with Crippen LogP contribution < -0.4 is 10.6 Å². The largest absolute Gasteiger partial charge is 0.480 e. The van der Waals surface area contributed by atoms with Crippen LogP contribution in [-0.4, -0.2) is 28.5 Å². The summed E-state index contributed by atoms with van der Waals surface area (Å²) in [7, 11) is 0. The van der Waals surface area contributed by atoms with E-state index in [2.05, 4.69) is 4.98 Å². The number of nitrogens with zero attached hydrogens (tertiary/aromatic N) is 2. The molecule has 0 aliphatic rings. The van der Waals surface area contributed by atoms with Crippen molar-refractivity contribution in [1.29, 1.82) is 0 Å². The smallest absolute Gasteiger partial charge is 0.323 e. The Balaban J connectivity index is 2.37. The Labute approximate surface area is 123 Å². The fraction of sp³-hybridized carbons (Fsp3) is 0.0833. The highest BCUT2D eigenvalue weighted by Crippen LogP contribution is 2.22. The first kappa shape index (κ1) is 14.3. The van der Waals surface area contributed by atoms with Gasteiger partial charge in [-0.05, 0) is 18.2 Å². The minimum Gasteiger partial charge on any atom is -0.480 e. The number of hydrogen-bond acceptors (Lipinski definition) is 5. The van der Waals surface area contributed by atoms with E-state index in [1.165, 1.54) is 11.4 Å². The van der Waals surface area contributed by atoms with Crippen molar-refractivity contribution >= 4 is 45.6 Å². The minimum atomic E-state index is -1.14. The molecule has 6 nitrogen and oxygen atoms in total. The van der Waals surface area contributed by atoms with Gasteiger partial charge in [0.2, 0.25) is 0 Å². The number of halogens is 1. The number of nitrogens with two attached hydrogens (primary N) is 1. The van der Waals surface area contributed by atoms with Gasteiger partial charge in [-0.1, -0.05) is 17.7 Å². The van der Waals surface area contributed by atoms with Crippen molar-refractivity contribution in [2.24, 2.45) is 0 Å². The Kier molecular flexibility index (Phi) is 4.21. The maximum absolute atomic E-state index is 12.3. The van der Waals surface area contributed by atoms with Gasteiger partial charge in [0.15, 0.2) is 5.13 Å². The molecule has 1 heterocycles. The van der Waals surface area contributed by atoms with Gasteiger partial charge in [-0.3, -0.25) is 14.5 Å². The number of anilines is 2. The summed E-state index contributed by atoms with van der Waals surface area (Å²) in [6.45, 7) is -0.489. The minimum absolute atomic E-state index is 0.105. The van der Waals surface area contributed by atoms with Gasteiger partial charge in [0.05, 0.1) is 0 Å². The maximum atomic E-state index is 12.3. The lowest BCUT2D eigenvalue weighted by molar-refractivity contribution is -0.135. The number of thiazole rings is 1. The van der Waals surface area contributed by atoms with E-state index in [0.717, 1.165) is 16.2 Å². The van der Waals surface area contributed by atoms with Crippen molar-refractivity contribution in [2.45, 2.75) is 0 Å². The van der Waals surface area contributed by atoms with Crippen LogP contribution in [0.3, 0.4) is 0 Å². The second-order valence-electron chi connectivity index (χ2n) is 3.84. The third kappa shape index (κ3) is 3.25. The summed E-state index contributed by atoms with van der Waals surface area (Å²) in [6, 6.07) is 6.38. The Morgan fingerprint density at radius 1 is 1.45 bits per heavy atom. The molecule has 1 aromatic heterocycles. The molecule has 2 rings (SSSR count). The molecule has 0 aliphatic heterocycles. The fourth-order valence-electron chi connectivity index (χ4n) is 1.58. The average molecular weight is 312 g/mol. The van der Waals surface area contributed by atoms with E-state index < -0.39 is 18.4 Å². The Morgan fingerprint density at radius 2 is 2.20 bits per heavy atom. The molecule has 20 heavy (non-hydrogen) atoms. The number of carboxylic acid groups (broad SMARTS) is 1. The normalized spacial score (nSPS) is 10.2. The van der Waals surface area contributed by atoms with Gasteiger partial charge in [-0.15, -0.1) is 11.3 Å². The van der Waals surface area contributed by atoms with Crippen LogP contribution >= 0.6 is 22.9 Å². The van der Waals surface area contributed by atoms with Gasteiger partial charge >= 0.3 is 5.97 Å². The molecule has 0 spiro atoms. The monoisotopic (exact) mass is 311 g/mol. The number of aliphatic carboxylic acids is 1. The van der Waals surface area contributed by atoms with Crippen molar-refractivity contribution in [1.82, 2.24) is 4.98 Å². The van der Waals surface area contributed by atoms with Crippen molar-refractivity contribution in [2.75, 3.05) is 17.2 Å². The standard InChI is InChI=1S/C12H10ClN3O3S/c13-7-2-1-3-8(4-7)16(5-10(17)18)11(19)9-6-20-12(14)15-9/h1-4,6H,5H2,(H2,14,15)(H,17,18). The predicted molar refractivity (Wildman–Crippen MR) is 77.3 cm³/mol. The Bertz CT molecular complexity index is 659. The van der Waals surface area contributed by atoms with Crippen molar-refractivity contribution < 1.29 is 14.7 Å². The molecule has 8 heteroatoms. The molecule has 104 valence electrons. The van der Waals surface area contributed by atoms with E-state index >= 15 is 0 Å². The molecule has 2 aromatic rings. The van der Waals surface area contributed by atoms with Gasteiger partial charge in [0, 0.05) is 16.1 Å². The third-order valence-electron chi connectivity index (χ3n) is 2.40. The number of carbonyl (C=O) groups excluding carboxylic acids is 1. The first-order chi connectivity index (χ1) is 9.47. The van der Waals surface area contributed by atoms with Crippen LogP contribution in [0.5, 0.6) is 0 Å². The highest BCUT2D eigenvalue weighted by atomic mass is 35.5. The zero-order valence-electron chi connectivity index (χ0n) is 10.1. The molecule has 0 unspecified atom stereocenters. The summed E-state index contributed by atoms with van der Waals surface area (Å²) in [5, 5.41) is 11.1. The molecule has 0 saturated carbocycles. The number of hydrogen-bond donors (Lipinski definition) is 2. The first-order valence-electron chi connectivity index (χ1n) is 5.47. The topological polar surface area (TPSA) is 96.5 Å². The van der Waals surface area contributed by atoms with Crippen LogP contribution in [0.15, 0.2) is 29.6 Å². The first-order valence-corrected chi connectivity index (χ1v) is 6.73. The van der Waals surface area contributed by atoms with E-state index in [-0.39, 0.29) is 10.8 Å². The van der Waals surface area contributed by atoms with Gasteiger partial charge in [-0.2, -0.15) is 0 Å². The molecule has 0 fully saturated rings. The molecule has 3 N–H and O–H groups in total. The highest BCUT2D eigenvalue weighted by molar-refractivity contribution is 7.13. The Hall–Kier alpha value is -2.12. The summed E-state index contributed by atoms with van der Waals surface area (Å²) in [5.74, 6) is -1.68. The number of carbonyl (C=O) groups is 2. The number of amides is 1. The van der Waals surface area contributed by atoms with Crippen LogP contribution in [0.4, 0.5) is 10.8 Å². The zero-order valence-corrected chi connectivity index (χ0v) is 11.7. The van der Waals surface area contributed by atoms with Gasteiger partial charge < -0.3 is 10.8 Å². The molecular weight excluding hydrogens is 302 g/mol. The van der Waals surface area contributed by atoms with E-state index in [1.807, 2.05) is 0 Å². The molecule has 0 radical (unpaired) electrons. The number of aromatic nitrogens is 1. The van der Waals surface area contributed by atoms with Crippen molar-refractivity contribution in [3.8, 4) is 0 Å². The van der Waals surface area contributed by atoms with Gasteiger partial charge in [-0.25, -0.2) is 4.98 Å². The van der Waals surface area contributed by atoms with E-state index in [0.29, 0.717) is 10.7 Å². The van der Waals surface area contributed by atoms with Crippen LogP contribution in [0.25, 0.3) is 0 Å². The molecular formula is C12H10ClN3O3S. The zero-order chi connectivity index (χ0) is 14.7. The van der Waals surface area contributed by atoms with Crippen LogP contribution in [0.2, 0.25) is 5.02 Å². The summed E-state index contributed by atoms with van der Waals surface area (Å²) in [4.78, 5) is 28.2. The number of nitrogen functional groups attached to an aromatic ring is 1. The highest BCUT2D eigenvalue weighted by Gasteiger charge is 2.22. The molecule has 0 atom stereocenters. The molecule has 0 bridgehead atoms. The molecule has 1 aromatic carbocycles. The lowest BCUT2D eigenvalue weighted by Crippen LogP contribution is -2.35. The van der Waals surface area contributed by atoms with Crippen molar-refractivity contribution in [3.63, 3.8) is 0 Å². The lowest BCUT2D eigenvalue weighted by Gasteiger charge is -2.20. The average Bonchev–Trinajstić information content (AvgIpc) is 2.81. The molecule has 1 amide bonds. The lowest BCUT2D eigenvalue weighted by atomic mass is 10.2. The van der Waals surface area contributed by atoms with Crippen molar-refractivity contribution in [3.05, 3.63) is 40.4 Å². The van der Waals surface area contributed by atoms with Gasteiger partial charge in [0.25, 0.3) is 5.91 Å². The second kappa shape index (κ2) is 5.89. The number of rotatable bonds is 4. The molecule has 0 saturated heterocycles. The summed E-state index contributed by atoms with van der Waals surface area (Å²) >= 11 is 6.97. The summed E-state index contributed by atoms with van der Waals surface area (Å²) < 4.78 is 0. The maximum Gasteiger partial charge on any atom is 0.323 e.